The molecule has 0 spiro atoms. The largest absolute Gasteiger partial charge is 0.289 e. The maximum absolute atomic E-state index is 12.2. The number of benzene rings is 2. The Kier molecular flexibility index (Phi) is 6.85. The number of carbonyl (C=O) groups is 1. The van der Waals surface area contributed by atoms with Gasteiger partial charge in [0.1, 0.15) is 6.04 Å². The summed E-state index contributed by atoms with van der Waals surface area (Å²) in [4.78, 5) is 13.3. The predicted octanol–water partition coefficient (Wildman–Crippen LogP) is 4.03. The average Bonchev–Trinajstić information content (AvgIpc) is 2.57. The number of nitrogens with one attached hydrogen (secondary N) is 1. The summed E-state index contributed by atoms with van der Waals surface area (Å²) in [6, 6.07) is 17.8. The molecule has 0 aromatic heterocycles. The normalized spacial score (nSPS) is 12.4. The Morgan fingerprint density at radius 3 is 2.29 bits per heavy atom. The molecule has 4 nitrogen and oxygen atoms in total. The van der Waals surface area contributed by atoms with Crippen LogP contribution in [-0.2, 0) is 11.3 Å². The van der Waals surface area contributed by atoms with Crippen molar-refractivity contribution in [3.05, 3.63) is 65.7 Å². The molecule has 2 aromatic carbocycles. The molecular weight excluding hydrogens is 320 g/mol. The predicted molar refractivity (Wildman–Crippen MR) is 97.6 cm³/mol. The minimum atomic E-state index is -0.443. The molecule has 0 aliphatic heterocycles. The van der Waals surface area contributed by atoms with Crippen LogP contribution >= 0.6 is 11.9 Å². The quantitative estimate of drug-likeness (QED) is 0.452. The van der Waals surface area contributed by atoms with Crippen molar-refractivity contribution < 1.29 is 10.0 Å². The average molecular weight is 344 g/mol. The van der Waals surface area contributed by atoms with Crippen LogP contribution in [-0.4, -0.2) is 21.5 Å². The molecule has 0 saturated carbocycles. The lowest BCUT2D eigenvalue weighted by Crippen LogP contribution is -2.45. The molecule has 2 N–H and O–H groups in total. The molecule has 0 saturated heterocycles. The van der Waals surface area contributed by atoms with E-state index in [9.17, 15) is 4.79 Å². The summed E-state index contributed by atoms with van der Waals surface area (Å²) in [5.74, 6) is -0.334. The highest BCUT2D eigenvalue weighted by Crippen LogP contribution is 2.30. The molecule has 0 bridgehead atoms. The lowest BCUT2D eigenvalue weighted by Gasteiger charge is -2.31. The van der Waals surface area contributed by atoms with E-state index in [-0.39, 0.29) is 11.8 Å². The van der Waals surface area contributed by atoms with Crippen LogP contribution in [0.1, 0.15) is 25.0 Å². The Bertz CT molecular complexity index is 644. The van der Waals surface area contributed by atoms with E-state index < -0.39 is 6.04 Å². The van der Waals surface area contributed by atoms with Crippen LogP contribution in [0.25, 0.3) is 0 Å². The van der Waals surface area contributed by atoms with Crippen molar-refractivity contribution in [1.29, 1.82) is 0 Å². The third-order valence-electron chi connectivity index (χ3n) is 3.75. The zero-order valence-corrected chi connectivity index (χ0v) is 15.1. The van der Waals surface area contributed by atoms with Crippen LogP contribution in [0.15, 0.2) is 59.5 Å². The van der Waals surface area contributed by atoms with Gasteiger partial charge < -0.3 is 0 Å². The first kappa shape index (κ1) is 18.5. The van der Waals surface area contributed by atoms with E-state index >= 15 is 0 Å². The van der Waals surface area contributed by atoms with Gasteiger partial charge in [0.05, 0.1) is 0 Å². The second kappa shape index (κ2) is 8.87. The zero-order valence-electron chi connectivity index (χ0n) is 14.3. The summed E-state index contributed by atoms with van der Waals surface area (Å²) in [5.41, 5.74) is 4.13. The van der Waals surface area contributed by atoms with Gasteiger partial charge in [-0.05, 0) is 42.5 Å². The van der Waals surface area contributed by atoms with Crippen molar-refractivity contribution in [3.63, 3.8) is 0 Å². The third-order valence-corrected chi connectivity index (χ3v) is 4.82. The van der Waals surface area contributed by atoms with E-state index in [0.717, 1.165) is 10.5 Å². The van der Waals surface area contributed by atoms with Crippen LogP contribution in [0.5, 0.6) is 0 Å². The van der Waals surface area contributed by atoms with Crippen molar-refractivity contribution in [2.24, 2.45) is 5.92 Å². The number of nitrogens with zero attached hydrogens (tertiary/aromatic N) is 1. The lowest BCUT2D eigenvalue weighted by molar-refractivity contribution is -0.134. The Balaban J connectivity index is 2.28. The number of hydrogen-bond donors (Lipinski definition) is 2. The van der Waals surface area contributed by atoms with Gasteiger partial charge in [0.2, 0.25) is 0 Å². The van der Waals surface area contributed by atoms with Gasteiger partial charge in [0.25, 0.3) is 5.91 Å². The van der Waals surface area contributed by atoms with Crippen molar-refractivity contribution in [1.82, 2.24) is 9.79 Å². The van der Waals surface area contributed by atoms with Crippen LogP contribution in [0.4, 0.5) is 0 Å². The number of rotatable bonds is 7. The Morgan fingerprint density at radius 1 is 1.12 bits per heavy atom. The van der Waals surface area contributed by atoms with Gasteiger partial charge in [0.15, 0.2) is 0 Å². The highest BCUT2D eigenvalue weighted by Gasteiger charge is 2.30. The molecule has 0 aliphatic rings. The molecule has 24 heavy (non-hydrogen) atoms. The fourth-order valence-corrected chi connectivity index (χ4v) is 3.71. The minimum absolute atomic E-state index is 0.0545. The molecule has 2 aromatic rings. The molecule has 1 amide bonds. The molecule has 128 valence electrons. The van der Waals surface area contributed by atoms with Gasteiger partial charge in [-0.25, -0.2) is 9.79 Å². The van der Waals surface area contributed by atoms with Gasteiger partial charge in [-0.2, -0.15) is 0 Å². The van der Waals surface area contributed by atoms with E-state index in [1.54, 1.807) is 0 Å². The Morgan fingerprint density at radius 2 is 1.75 bits per heavy atom. The van der Waals surface area contributed by atoms with Crippen LogP contribution in [0.2, 0.25) is 0 Å². The van der Waals surface area contributed by atoms with E-state index in [2.05, 4.69) is 12.1 Å². The van der Waals surface area contributed by atoms with Gasteiger partial charge in [-0.1, -0.05) is 61.9 Å². The highest BCUT2D eigenvalue weighted by molar-refractivity contribution is 7.97. The van der Waals surface area contributed by atoms with Gasteiger partial charge in [0, 0.05) is 11.4 Å². The fraction of sp³-hybridized carbons (Fsp3) is 0.316. The molecule has 0 aliphatic carbocycles. The van der Waals surface area contributed by atoms with Gasteiger partial charge >= 0.3 is 0 Å². The van der Waals surface area contributed by atoms with Gasteiger partial charge in [-0.3, -0.25) is 10.0 Å². The summed E-state index contributed by atoms with van der Waals surface area (Å²) in [7, 11) is 0. The van der Waals surface area contributed by atoms with Crippen LogP contribution in [0, 0.1) is 12.8 Å². The Labute approximate surface area is 148 Å². The molecular formula is C19H24N2O2S. The van der Waals surface area contributed by atoms with Crippen molar-refractivity contribution in [2.75, 3.05) is 0 Å². The first-order valence-electron chi connectivity index (χ1n) is 8.00. The maximum Gasteiger partial charge on any atom is 0.261 e. The summed E-state index contributed by atoms with van der Waals surface area (Å²) in [6.45, 7) is 6.61. The maximum atomic E-state index is 12.2. The molecule has 0 fully saturated rings. The van der Waals surface area contributed by atoms with E-state index in [1.165, 1.54) is 17.5 Å². The van der Waals surface area contributed by atoms with E-state index in [4.69, 9.17) is 5.21 Å². The molecule has 2 rings (SSSR count). The summed E-state index contributed by atoms with van der Waals surface area (Å²) >= 11 is 1.53. The fourth-order valence-electron chi connectivity index (χ4n) is 2.52. The molecule has 0 radical (unpaired) electrons. The highest BCUT2D eigenvalue weighted by atomic mass is 32.2. The summed E-state index contributed by atoms with van der Waals surface area (Å²) in [6.07, 6.45) is 0. The second-order valence-corrected chi connectivity index (χ2v) is 7.25. The number of carbonyl (C=O) groups excluding carboxylic acids is 1. The standard InChI is InChI=1S/C19H24N2O2S/c1-14(2)18(19(22)20-23)21(13-16-7-5-4-6-8-16)24-17-11-9-15(3)10-12-17/h4-12,14,18,23H,13H2,1-3H3,(H,20,22)/t18-/m0/s1. The summed E-state index contributed by atoms with van der Waals surface area (Å²) in [5, 5.41) is 9.14. The first-order valence-corrected chi connectivity index (χ1v) is 8.77. The van der Waals surface area contributed by atoms with Crippen molar-refractivity contribution in [2.45, 2.75) is 38.3 Å². The summed E-state index contributed by atoms with van der Waals surface area (Å²) < 4.78 is 2.02. The second-order valence-electron chi connectivity index (χ2n) is 6.13. The monoisotopic (exact) mass is 344 g/mol. The topological polar surface area (TPSA) is 52.6 Å². The number of hydrogen-bond acceptors (Lipinski definition) is 4. The smallest absolute Gasteiger partial charge is 0.261 e. The van der Waals surface area contributed by atoms with E-state index in [0.29, 0.717) is 6.54 Å². The molecule has 0 heterocycles. The number of aryl methyl sites for hydroxylation is 1. The lowest BCUT2D eigenvalue weighted by atomic mass is 10.0. The van der Waals surface area contributed by atoms with Crippen molar-refractivity contribution >= 4 is 17.9 Å². The number of amides is 1. The molecule has 0 unspecified atom stereocenters. The van der Waals surface area contributed by atoms with Gasteiger partial charge in [-0.15, -0.1) is 0 Å². The van der Waals surface area contributed by atoms with Crippen LogP contribution in [0.3, 0.4) is 0 Å². The first-order chi connectivity index (χ1) is 11.5. The molecule has 5 heteroatoms. The van der Waals surface area contributed by atoms with Crippen molar-refractivity contribution in [3.8, 4) is 0 Å². The number of hydroxylamine groups is 1. The minimum Gasteiger partial charge on any atom is -0.289 e. The SMILES string of the molecule is Cc1ccc(SN(Cc2ccccc2)[C@H](C(=O)NO)C(C)C)cc1. The Hall–Kier alpha value is -1.82. The van der Waals surface area contributed by atoms with Crippen LogP contribution < -0.4 is 5.48 Å². The third kappa shape index (κ3) is 5.09. The molecule has 1 atom stereocenters. The van der Waals surface area contributed by atoms with E-state index in [1.807, 2.05) is 73.0 Å². The zero-order chi connectivity index (χ0) is 17.5.